The summed E-state index contributed by atoms with van der Waals surface area (Å²) in [7, 11) is -4.10. The minimum absolute atomic E-state index is 0.216. The molecule has 152 valence electrons. The van der Waals surface area contributed by atoms with Crippen LogP contribution < -0.4 is 5.73 Å². The molecule has 0 amide bonds. The van der Waals surface area contributed by atoms with Gasteiger partial charge in [0.1, 0.15) is 17.8 Å². The highest BCUT2D eigenvalue weighted by molar-refractivity contribution is 7.51. The van der Waals surface area contributed by atoms with Gasteiger partial charge in [-0.15, -0.1) is 0 Å². The molecule has 0 spiro atoms. The van der Waals surface area contributed by atoms with Crippen molar-refractivity contribution in [2.45, 2.75) is 13.0 Å². The summed E-state index contributed by atoms with van der Waals surface area (Å²) in [6.45, 7) is 1.71. The van der Waals surface area contributed by atoms with Gasteiger partial charge >= 0.3 is 7.60 Å². The van der Waals surface area contributed by atoms with Gasteiger partial charge in [0, 0.05) is 44.4 Å². The summed E-state index contributed by atoms with van der Waals surface area (Å²) >= 11 is 0. The Labute approximate surface area is 168 Å². The summed E-state index contributed by atoms with van der Waals surface area (Å²) in [5.74, 6) is 0.399. The zero-order valence-corrected chi connectivity index (χ0v) is 16.7. The van der Waals surface area contributed by atoms with Crippen molar-refractivity contribution in [2.24, 2.45) is 0 Å². The number of hydrogen-bond acceptors (Lipinski definition) is 6. The number of anilines is 1. The number of hydrogen-bond donors (Lipinski definition) is 3. The van der Waals surface area contributed by atoms with Crippen LogP contribution in [-0.4, -0.2) is 55.0 Å². The van der Waals surface area contributed by atoms with Crippen LogP contribution in [0, 0.1) is 11.3 Å². The number of fused-ring (bicyclic) bond motifs is 1. The van der Waals surface area contributed by atoms with Crippen molar-refractivity contribution < 1.29 is 14.4 Å². The second-order valence-electron chi connectivity index (χ2n) is 6.70. The predicted molar refractivity (Wildman–Crippen MR) is 111 cm³/mol. The van der Waals surface area contributed by atoms with E-state index in [2.05, 4.69) is 16.0 Å². The summed E-state index contributed by atoms with van der Waals surface area (Å²) in [6.07, 6.45) is 3.44. The summed E-state index contributed by atoms with van der Waals surface area (Å²) < 4.78 is 13.2. The van der Waals surface area contributed by atoms with E-state index in [1.54, 1.807) is 0 Å². The van der Waals surface area contributed by atoms with Crippen LogP contribution in [-0.2, 0) is 11.1 Å². The first-order chi connectivity index (χ1) is 13.9. The zero-order valence-electron chi connectivity index (χ0n) is 15.8. The summed E-state index contributed by atoms with van der Waals surface area (Å²) in [5, 5.41) is 9.64. The van der Waals surface area contributed by atoms with Crippen molar-refractivity contribution in [2.75, 3.05) is 31.5 Å². The second kappa shape index (κ2) is 9.16. The Morgan fingerprint density at radius 1 is 1.17 bits per heavy atom. The zero-order chi connectivity index (χ0) is 20.9. The highest BCUT2D eigenvalue weighted by Crippen LogP contribution is 2.34. The molecule has 0 saturated carbocycles. The van der Waals surface area contributed by atoms with Crippen molar-refractivity contribution in [1.82, 2.24) is 19.4 Å². The van der Waals surface area contributed by atoms with Crippen LogP contribution >= 0.6 is 7.60 Å². The van der Waals surface area contributed by atoms with Gasteiger partial charge in [-0.25, -0.2) is 9.97 Å². The molecule has 0 aliphatic carbocycles. The SMILES string of the molecule is N#CCCN(CCn1cc(-c2ccccc2)c2c(N)ncnc21)CCP(=O)(O)O. The molecule has 9 nitrogen and oxygen atoms in total. The van der Waals surface area contributed by atoms with Crippen LogP contribution in [0.5, 0.6) is 0 Å². The van der Waals surface area contributed by atoms with Crippen LogP contribution in [0.15, 0.2) is 42.9 Å². The molecule has 3 aromatic rings. The Morgan fingerprint density at radius 3 is 2.62 bits per heavy atom. The van der Waals surface area contributed by atoms with Gasteiger partial charge in [-0.2, -0.15) is 5.26 Å². The smallest absolute Gasteiger partial charge is 0.326 e. The van der Waals surface area contributed by atoms with Gasteiger partial charge in [-0.05, 0) is 5.56 Å². The van der Waals surface area contributed by atoms with E-state index in [4.69, 9.17) is 20.8 Å². The molecule has 0 saturated heterocycles. The molecule has 0 atom stereocenters. The lowest BCUT2D eigenvalue weighted by Crippen LogP contribution is -2.31. The molecule has 3 rings (SSSR count). The highest BCUT2D eigenvalue weighted by atomic mass is 31.2. The van der Waals surface area contributed by atoms with Crippen LogP contribution in [0.25, 0.3) is 22.2 Å². The molecular formula is C19H23N6O3P. The summed E-state index contributed by atoms with van der Waals surface area (Å²) in [4.78, 5) is 28.7. The number of nitrogens with zero attached hydrogens (tertiary/aromatic N) is 5. The van der Waals surface area contributed by atoms with Crippen LogP contribution in [0.3, 0.4) is 0 Å². The summed E-state index contributed by atoms with van der Waals surface area (Å²) in [6, 6.07) is 11.9. The minimum atomic E-state index is -4.10. The van der Waals surface area contributed by atoms with Gasteiger partial charge in [0.15, 0.2) is 0 Å². The Kier molecular flexibility index (Phi) is 6.62. The normalized spacial score (nSPS) is 11.8. The molecule has 29 heavy (non-hydrogen) atoms. The molecule has 2 heterocycles. The predicted octanol–water partition coefficient (Wildman–Crippen LogP) is 2.07. The lowest BCUT2D eigenvalue weighted by molar-refractivity contribution is 0.275. The lowest BCUT2D eigenvalue weighted by atomic mass is 10.1. The van der Waals surface area contributed by atoms with E-state index < -0.39 is 7.60 Å². The molecule has 4 N–H and O–H groups in total. The maximum Gasteiger partial charge on any atom is 0.326 e. The highest BCUT2D eigenvalue weighted by Gasteiger charge is 2.18. The molecule has 0 aliphatic rings. The Bertz CT molecular complexity index is 1060. The van der Waals surface area contributed by atoms with Gasteiger partial charge in [-0.3, -0.25) is 9.46 Å². The monoisotopic (exact) mass is 414 g/mol. The van der Waals surface area contributed by atoms with E-state index in [0.717, 1.165) is 16.5 Å². The van der Waals surface area contributed by atoms with Gasteiger partial charge in [0.25, 0.3) is 0 Å². The Morgan fingerprint density at radius 2 is 1.93 bits per heavy atom. The number of aromatic nitrogens is 3. The molecule has 0 aliphatic heterocycles. The van der Waals surface area contributed by atoms with E-state index in [-0.39, 0.29) is 19.1 Å². The van der Waals surface area contributed by atoms with Gasteiger partial charge < -0.3 is 20.1 Å². The molecule has 0 unspecified atom stereocenters. The van der Waals surface area contributed by atoms with E-state index in [1.165, 1.54) is 6.33 Å². The molecule has 2 aromatic heterocycles. The van der Waals surface area contributed by atoms with Crippen LogP contribution in [0.4, 0.5) is 5.82 Å². The summed E-state index contributed by atoms with van der Waals surface area (Å²) in [5.41, 5.74) is 8.76. The van der Waals surface area contributed by atoms with Crippen molar-refractivity contribution >= 4 is 24.4 Å². The third kappa shape index (κ3) is 5.40. The van der Waals surface area contributed by atoms with Crippen molar-refractivity contribution in [3.05, 3.63) is 42.9 Å². The number of rotatable bonds is 9. The number of nitrogens with two attached hydrogens (primary N) is 1. The Balaban J connectivity index is 1.86. The fourth-order valence-electron chi connectivity index (χ4n) is 3.22. The fraction of sp³-hybridized carbons (Fsp3) is 0.316. The minimum Gasteiger partial charge on any atom is -0.383 e. The number of benzene rings is 1. The average Bonchev–Trinajstić information content (AvgIpc) is 3.07. The fourth-order valence-corrected chi connectivity index (χ4v) is 3.76. The topological polar surface area (TPSA) is 141 Å². The van der Waals surface area contributed by atoms with E-state index in [9.17, 15) is 4.57 Å². The first kappa shape index (κ1) is 21.0. The van der Waals surface area contributed by atoms with E-state index in [1.807, 2.05) is 46.0 Å². The van der Waals surface area contributed by atoms with Crippen LogP contribution in [0.1, 0.15) is 6.42 Å². The van der Waals surface area contributed by atoms with Crippen LogP contribution in [0.2, 0.25) is 0 Å². The second-order valence-corrected chi connectivity index (χ2v) is 8.47. The van der Waals surface area contributed by atoms with Crippen molar-refractivity contribution in [3.63, 3.8) is 0 Å². The largest absolute Gasteiger partial charge is 0.383 e. The van der Waals surface area contributed by atoms with Gasteiger partial charge in [-0.1, -0.05) is 30.3 Å². The first-order valence-corrected chi connectivity index (χ1v) is 11.0. The molecule has 10 heteroatoms. The molecule has 0 fully saturated rings. The van der Waals surface area contributed by atoms with Crippen molar-refractivity contribution in [1.29, 1.82) is 5.26 Å². The maximum atomic E-state index is 11.2. The lowest BCUT2D eigenvalue weighted by Gasteiger charge is -2.21. The molecule has 0 radical (unpaired) electrons. The van der Waals surface area contributed by atoms with Gasteiger partial charge in [0.2, 0.25) is 0 Å². The van der Waals surface area contributed by atoms with E-state index in [0.29, 0.717) is 31.1 Å². The molecule has 1 aromatic carbocycles. The standard InChI is InChI=1S/C19H23N6O3P/c20-7-4-8-24(11-12-29(26,27)28)9-10-25-13-16(15-5-2-1-3-6-15)17-18(21)22-14-23-19(17)25/h1-3,5-6,13-14H,4,8-12H2,(H2,21,22,23)(H2,26,27,28). The Hall–Kier alpha value is -2.76. The van der Waals surface area contributed by atoms with E-state index >= 15 is 0 Å². The van der Waals surface area contributed by atoms with Gasteiger partial charge in [0.05, 0.1) is 17.6 Å². The first-order valence-electron chi connectivity index (χ1n) is 9.17. The number of nitriles is 1. The maximum absolute atomic E-state index is 11.2. The quantitative estimate of drug-likeness (QED) is 0.452. The third-order valence-electron chi connectivity index (χ3n) is 4.67. The molecule has 0 bridgehead atoms. The third-order valence-corrected chi connectivity index (χ3v) is 5.45. The number of nitrogen functional groups attached to an aromatic ring is 1. The average molecular weight is 414 g/mol. The van der Waals surface area contributed by atoms with Crippen molar-refractivity contribution in [3.8, 4) is 17.2 Å². The molecular weight excluding hydrogens is 391 g/mol.